The van der Waals surface area contributed by atoms with E-state index in [2.05, 4.69) is 22.9 Å². The van der Waals surface area contributed by atoms with Crippen molar-refractivity contribution in [2.24, 2.45) is 0 Å². The van der Waals surface area contributed by atoms with Crippen molar-refractivity contribution < 1.29 is 9.59 Å². The van der Waals surface area contributed by atoms with Crippen molar-refractivity contribution in [1.82, 2.24) is 5.32 Å². The molecule has 2 aromatic rings. The van der Waals surface area contributed by atoms with Crippen LogP contribution in [0.5, 0.6) is 0 Å². The molecule has 2 aromatic carbocycles. The van der Waals surface area contributed by atoms with Gasteiger partial charge in [-0.15, -0.1) is 0 Å². The molecule has 2 amide bonds. The molecule has 0 unspecified atom stereocenters. The normalized spacial score (nSPS) is 14.4. The van der Waals surface area contributed by atoms with Crippen molar-refractivity contribution in [3.63, 3.8) is 0 Å². The molecule has 1 aliphatic rings. The molecule has 0 atom stereocenters. The largest absolute Gasteiger partial charge is 0.376 e. The average molecular weight is 380 g/mol. The van der Waals surface area contributed by atoms with Gasteiger partial charge in [0.15, 0.2) is 0 Å². The topological polar surface area (TPSA) is 70.2 Å². The van der Waals surface area contributed by atoms with Crippen LogP contribution in [0.2, 0.25) is 0 Å². The summed E-state index contributed by atoms with van der Waals surface area (Å²) >= 11 is 0. The van der Waals surface area contributed by atoms with E-state index in [-0.39, 0.29) is 24.4 Å². The highest BCUT2D eigenvalue weighted by Gasteiger charge is 2.16. The van der Waals surface area contributed by atoms with Crippen LogP contribution in [0.25, 0.3) is 0 Å². The summed E-state index contributed by atoms with van der Waals surface area (Å²) in [6.07, 6.45) is 5.76. The van der Waals surface area contributed by atoms with Gasteiger partial charge in [-0.25, -0.2) is 0 Å². The lowest BCUT2D eigenvalue weighted by Gasteiger charge is -2.22. The number of anilines is 2. The summed E-state index contributed by atoms with van der Waals surface area (Å²) in [5.74, 6) is -0.168. The highest BCUT2D eigenvalue weighted by atomic mass is 16.2. The van der Waals surface area contributed by atoms with Crippen molar-refractivity contribution in [1.29, 1.82) is 0 Å². The number of carbonyl (C=O) groups excluding carboxylic acids is 2. The quantitative estimate of drug-likeness (QED) is 0.696. The minimum absolute atomic E-state index is 0.0406. The zero-order valence-corrected chi connectivity index (χ0v) is 16.7. The van der Waals surface area contributed by atoms with Gasteiger partial charge in [0.05, 0.1) is 6.54 Å². The molecule has 3 rings (SSSR count). The van der Waals surface area contributed by atoms with Crippen molar-refractivity contribution in [3.05, 3.63) is 59.2 Å². The molecule has 1 saturated carbocycles. The number of amides is 2. The van der Waals surface area contributed by atoms with E-state index in [1.165, 1.54) is 30.4 Å². The van der Waals surface area contributed by atoms with Gasteiger partial charge in [-0.05, 0) is 74.2 Å². The molecular weight excluding hydrogens is 350 g/mol. The second-order valence-corrected chi connectivity index (χ2v) is 7.59. The number of nitrogens with one attached hydrogen (secondary N) is 3. The maximum Gasteiger partial charge on any atom is 0.251 e. The van der Waals surface area contributed by atoms with Crippen LogP contribution in [0, 0.1) is 13.8 Å². The fourth-order valence-corrected chi connectivity index (χ4v) is 3.46. The van der Waals surface area contributed by atoms with E-state index in [1.807, 2.05) is 25.1 Å². The minimum Gasteiger partial charge on any atom is -0.376 e. The predicted octanol–water partition coefficient (Wildman–Crippen LogP) is 4.42. The molecule has 1 aliphatic carbocycles. The summed E-state index contributed by atoms with van der Waals surface area (Å²) in [5.41, 5.74) is 4.64. The number of benzene rings is 2. The Bertz CT molecular complexity index is 824. The van der Waals surface area contributed by atoms with Crippen molar-refractivity contribution in [2.75, 3.05) is 17.2 Å². The molecule has 148 valence electrons. The van der Waals surface area contributed by atoms with Crippen molar-refractivity contribution in [3.8, 4) is 0 Å². The summed E-state index contributed by atoms with van der Waals surface area (Å²) in [6.45, 7) is 4.30. The molecule has 0 aromatic heterocycles. The third-order valence-electron chi connectivity index (χ3n) is 5.33. The van der Waals surface area contributed by atoms with Gasteiger partial charge in [0, 0.05) is 23.0 Å². The van der Waals surface area contributed by atoms with Gasteiger partial charge in [-0.1, -0.05) is 25.3 Å². The maximum absolute atomic E-state index is 12.3. The Labute approximate surface area is 166 Å². The maximum atomic E-state index is 12.3. The van der Waals surface area contributed by atoms with Gasteiger partial charge >= 0.3 is 0 Å². The van der Waals surface area contributed by atoms with Gasteiger partial charge in [0.1, 0.15) is 0 Å². The van der Waals surface area contributed by atoms with E-state index in [4.69, 9.17) is 0 Å². The molecule has 0 heterocycles. The predicted molar refractivity (Wildman–Crippen MR) is 114 cm³/mol. The van der Waals surface area contributed by atoms with E-state index >= 15 is 0 Å². The number of carbonyl (C=O) groups is 2. The van der Waals surface area contributed by atoms with Gasteiger partial charge in [0.2, 0.25) is 5.91 Å². The summed E-state index contributed by atoms with van der Waals surface area (Å²) in [6, 6.07) is 13.4. The van der Waals surface area contributed by atoms with Crippen molar-refractivity contribution >= 4 is 23.2 Å². The Morgan fingerprint density at radius 1 is 0.893 bits per heavy atom. The van der Waals surface area contributed by atoms with Crippen LogP contribution in [-0.2, 0) is 4.79 Å². The number of hydrogen-bond acceptors (Lipinski definition) is 3. The molecule has 0 bridgehead atoms. The van der Waals surface area contributed by atoms with E-state index in [9.17, 15) is 9.59 Å². The van der Waals surface area contributed by atoms with Crippen LogP contribution < -0.4 is 16.0 Å². The lowest BCUT2D eigenvalue weighted by atomic mass is 9.95. The van der Waals surface area contributed by atoms with Crippen LogP contribution >= 0.6 is 0 Å². The first-order chi connectivity index (χ1) is 13.5. The SMILES string of the molecule is Cc1ccc(NCC(=O)Nc2ccc(C(=O)NC3CCCCC3)cc2)cc1C. The first-order valence-electron chi connectivity index (χ1n) is 10.0. The summed E-state index contributed by atoms with van der Waals surface area (Å²) in [5, 5.41) is 9.09. The van der Waals surface area contributed by atoms with E-state index < -0.39 is 0 Å². The Balaban J connectivity index is 1.48. The first-order valence-corrected chi connectivity index (χ1v) is 10.0. The lowest BCUT2D eigenvalue weighted by molar-refractivity contribution is -0.114. The Hall–Kier alpha value is -2.82. The second kappa shape index (κ2) is 9.40. The van der Waals surface area contributed by atoms with Gasteiger partial charge < -0.3 is 16.0 Å². The second-order valence-electron chi connectivity index (χ2n) is 7.59. The Morgan fingerprint density at radius 2 is 1.57 bits per heavy atom. The standard InChI is InChI=1S/C23H29N3O2/c1-16-8-11-21(14-17(16)2)24-15-22(27)25-20-12-9-18(10-13-20)23(28)26-19-6-4-3-5-7-19/h8-14,19,24H,3-7,15H2,1-2H3,(H,25,27)(H,26,28). The van der Waals surface area contributed by atoms with Gasteiger partial charge in [-0.2, -0.15) is 0 Å². The van der Waals surface area contributed by atoms with Gasteiger partial charge in [0.25, 0.3) is 5.91 Å². The molecular formula is C23H29N3O2. The third kappa shape index (κ3) is 5.59. The fraction of sp³-hybridized carbons (Fsp3) is 0.391. The van der Waals surface area contributed by atoms with Crippen LogP contribution in [0.3, 0.4) is 0 Å². The fourth-order valence-electron chi connectivity index (χ4n) is 3.46. The van der Waals surface area contributed by atoms with Crippen LogP contribution in [0.1, 0.15) is 53.6 Å². The molecule has 28 heavy (non-hydrogen) atoms. The molecule has 0 radical (unpaired) electrons. The number of aryl methyl sites for hydroxylation is 2. The number of hydrogen-bond donors (Lipinski definition) is 3. The monoisotopic (exact) mass is 379 g/mol. The first kappa shape index (κ1) is 19.9. The zero-order chi connectivity index (χ0) is 19.9. The summed E-state index contributed by atoms with van der Waals surface area (Å²) in [7, 11) is 0. The highest BCUT2D eigenvalue weighted by Crippen LogP contribution is 2.18. The van der Waals surface area contributed by atoms with E-state index in [0.29, 0.717) is 11.3 Å². The Kier molecular flexibility index (Phi) is 6.69. The number of rotatable bonds is 6. The van der Waals surface area contributed by atoms with Crippen LogP contribution in [0.15, 0.2) is 42.5 Å². The zero-order valence-electron chi connectivity index (χ0n) is 16.7. The molecule has 0 aliphatic heterocycles. The lowest BCUT2D eigenvalue weighted by Crippen LogP contribution is -2.36. The van der Waals surface area contributed by atoms with Crippen LogP contribution in [-0.4, -0.2) is 24.4 Å². The molecule has 1 fully saturated rings. The molecule has 5 nitrogen and oxygen atoms in total. The average Bonchev–Trinajstić information content (AvgIpc) is 2.70. The highest BCUT2D eigenvalue weighted by molar-refractivity contribution is 5.96. The van der Waals surface area contributed by atoms with Gasteiger partial charge in [-0.3, -0.25) is 9.59 Å². The molecule has 0 saturated heterocycles. The van der Waals surface area contributed by atoms with Crippen LogP contribution in [0.4, 0.5) is 11.4 Å². The third-order valence-corrected chi connectivity index (χ3v) is 5.33. The smallest absolute Gasteiger partial charge is 0.251 e. The Morgan fingerprint density at radius 3 is 2.25 bits per heavy atom. The summed E-state index contributed by atoms with van der Waals surface area (Å²) in [4.78, 5) is 24.5. The molecule has 5 heteroatoms. The van der Waals surface area contributed by atoms with E-state index in [0.717, 1.165) is 18.5 Å². The van der Waals surface area contributed by atoms with Crippen molar-refractivity contribution in [2.45, 2.75) is 52.0 Å². The summed E-state index contributed by atoms with van der Waals surface area (Å²) < 4.78 is 0. The van der Waals surface area contributed by atoms with E-state index in [1.54, 1.807) is 24.3 Å². The minimum atomic E-state index is -0.127. The molecule has 0 spiro atoms. The molecule has 3 N–H and O–H groups in total.